The highest BCUT2D eigenvalue weighted by atomic mass is 16.3. The van der Waals surface area contributed by atoms with Crippen molar-refractivity contribution >= 4 is 11.8 Å². The van der Waals surface area contributed by atoms with E-state index < -0.39 is 5.60 Å². The summed E-state index contributed by atoms with van der Waals surface area (Å²) in [5.74, 6) is 0.629. The maximum atomic E-state index is 11.8. The van der Waals surface area contributed by atoms with Crippen molar-refractivity contribution in [3.05, 3.63) is 48.2 Å². The zero-order chi connectivity index (χ0) is 16.0. The van der Waals surface area contributed by atoms with Crippen LogP contribution in [0.5, 0.6) is 0 Å². The second-order valence-electron chi connectivity index (χ2n) is 5.80. The molecule has 0 saturated heterocycles. The first kappa shape index (κ1) is 16.0. The second-order valence-corrected chi connectivity index (χ2v) is 5.80. The van der Waals surface area contributed by atoms with Gasteiger partial charge in [0.1, 0.15) is 5.82 Å². The Hall–Kier alpha value is -2.34. The van der Waals surface area contributed by atoms with Gasteiger partial charge in [0, 0.05) is 19.2 Å². The lowest BCUT2D eigenvalue weighted by Gasteiger charge is -2.18. The summed E-state index contributed by atoms with van der Waals surface area (Å²) in [5.41, 5.74) is 0.278. The van der Waals surface area contributed by atoms with Crippen LogP contribution in [0, 0.1) is 0 Å². The summed E-state index contributed by atoms with van der Waals surface area (Å²) in [7, 11) is 0. The number of benzene rings is 1. The highest BCUT2D eigenvalue weighted by molar-refractivity contribution is 5.88. The van der Waals surface area contributed by atoms with Crippen LogP contribution in [0.4, 0.5) is 10.6 Å². The van der Waals surface area contributed by atoms with Gasteiger partial charge in [-0.1, -0.05) is 30.3 Å². The number of anilines is 1. The quantitative estimate of drug-likeness (QED) is 0.764. The first-order chi connectivity index (χ1) is 10.4. The molecule has 1 heterocycles. The highest BCUT2D eigenvalue weighted by Crippen LogP contribution is 2.09. The lowest BCUT2D eigenvalue weighted by atomic mass is 10.1. The fourth-order valence-corrected chi connectivity index (χ4v) is 1.95. The summed E-state index contributed by atoms with van der Waals surface area (Å²) in [6.45, 7) is 4.13. The van der Waals surface area contributed by atoms with Gasteiger partial charge in [0.25, 0.3) is 0 Å². The minimum absolute atomic E-state index is 0.178. The van der Waals surface area contributed by atoms with Crippen molar-refractivity contribution in [2.24, 2.45) is 0 Å². The lowest BCUT2D eigenvalue weighted by Crippen LogP contribution is -2.40. The summed E-state index contributed by atoms with van der Waals surface area (Å²) in [4.78, 5) is 11.8. The molecule has 0 bridgehead atoms. The van der Waals surface area contributed by atoms with Crippen LogP contribution in [-0.4, -0.2) is 33.1 Å². The molecule has 6 heteroatoms. The van der Waals surface area contributed by atoms with Gasteiger partial charge in [-0.25, -0.2) is 9.48 Å². The number of aromatic nitrogens is 2. The molecule has 3 N–H and O–H groups in total. The number of hydrogen-bond acceptors (Lipinski definition) is 3. The molecule has 0 fully saturated rings. The Labute approximate surface area is 130 Å². The van der Waals surface area contributed by atoms with Crippen molar-refractivity contribution in [2.75, 3.05) is 11.9 Å². The van der Waals surface area contributed by atoms with Gasteiger partial charge >= 0.3 is 6.03 Å². The Morgan fingerprint density at radius 2 is 2.00 bits per heavy atom. The molecule has 2 aromatic rings. The number of aryl methyl sites for hydroxylation is 2. The van der Waals surface area contributed by atoms with Gasteiger partial charge in [-0.2, -0.15) is 5.10 Å². The summed E-state index contributed by atoms with van der Waals surface area (Å²) < 4.78 is 1.75. The smallest absolute Gasteiger partial charge is 0.320 e. The van der Waals surface area contributed by atoms with Crippen LogP contribution in [0.3, 0.4) is 0 Å². The second kappa shape index (κ2) is 7.09. The van der Waals surface area contributed by atoms with Gasteiger partial charge in [-0.05, 0) is 25.8 Å². The van der Waals surface area contributed by atoms with E-state index in [0.29, 0.717) is 12.4 Å². The molecule has 2 rings (SSSR count). The Morgan fingerprint density at radius 3 is 2.68 bits per heavy atom. The van der Waals surface area contributed by atoms with E-state index in [0.717, 1.165) is 6.42 Å². The van der Waals surface area contributed by atoms with E-state index in [1.807, 2.05) is 18.2 Å². The normalized spacial score (nSPS) is 11.2. The van der Waals surface area contributed by atoms with Crippen LogP contribution in [-0.2, 0) is 13.0 Å². The number of nitrogens with one attached hydrogen (secondary N) is 2. The summed E-state index contributed by atoms with van der Waals surface area (Å²) >= 11 is 0. The molecule has 2 amide bonds. The molecule has 0 atom stereocenters. The summed E-state index contributed by atoms with van der Waals surface area (Å²) in [5, 5.41) is 19.2. The maximum Gasteiger partial charge on any atom is 0.320 e. The van der Waals surface area contributed by atoms with Gasteiger partial charge in [0.05, 0.1) is 11.8 Å². The molecule has 118 valence electrons. The summed E-state index contributed by atoms with van der Waals surface area (Å²) in [6.07, 6.45) is 2.49. The van der Waals surface area contributed by atoms with E-state index in [1.54, 1.807) is 30.8 Å². The Bertz CT molecular complexity index is 602. The monoisotopic (exact) mass is 302 g/mol. The molecular weight excluding hydrogens is 280 g/mol. The number of amides is 2. The summed E-state index contributed by atoms with van der Waals surface area (Å²) in [6, 6.07) is 11.5. The molecule has 0 radical (unpaired) electrons. The number of rotatable bonds is 6. The molecule has 0 aliphatic carbocycles. The zero-order valence-corrected chi connectivity index (χ0v) is 12.9. The van der Waals surface area contributed by atoms with Crippen LogP contribution in [0.1, 0.15) is 19.4 Å². The number of hydrogen-bond donors (Lipinski definition) is 3. The number of nitrogens with zero attached hydrogens (tertiary/aromatic N) is 2. The Morgan fingerprint density at radius 1 is 1.27 bits per heavy atom. The van der Waals surface area contributed by atoms with E-state index >= 15 is 0 Å². The fraction of sp³-hybridized carbons (Fsp3) is 0.375. The van der Waals surface area contributed by atoms with Gasteiger partial charge in [-0.3, -0.25) is 5.32 Å². The third-order valence-electron chi connectivity index (χ3n) is 3.09. The minimum Gasteiger partial charge on any atom is -0.389 e. The average Bonchev–Trinajstić information content (AvgIpc) is 2.90. The van der Waals surface area contributed by atoms with E-state index in [4.69, 9.17) is 0 Å². The van der Waals surface area contributed by atoms with E-state index in [2.05, 4.69) is 27.9 Å². The van der Waals surface area contributed by atoms with Gasteiger partial charge in [-0.15, -0.1) is 0 Å². The van der Waals surface area contributed by atoms with E-state index in [1.165, 1.54) is 5.56 Å². The number of urea groups is 1. The predicted octanol–water partition coefficient (Wildman–Crippen LogP) is 2.02. The molecule has 1 aromatic heterocycles. The van der Waals surface area contributed by atoms with E-state index in [-0.39, 0.29) is 12.6 Å². The third kappa shape index (κ3) is 5.21. The number of aliphatic hydroxyl groups is 1. The van der Waals surface area contributed by atoms with Crippen molar-refractivity contribution in [2.45, 2.75) is 32.4 Å². The van der Waals surface area contributed by atoms with Crippen molar-refractivity contribution in [3.63, 3.8) is 0 Å². The molecular formula is C16H22N4O2. The molecule has 6 nitrogen and oxygen atoms in total. The maximum absolute atomic E-state index is 11.8. The van der Waals surface area contributed by atoms with Gasteiger partial charge in [0.15, 0.2) is 0 Å². The molecule has 1 aromatic carbocycles. The molecule has 0 saturated carbocycles. The first-order valence-electron chi connectivity index (χ1n) is 7.27. The Balaban J connectivity index is 1.88. The van der Waals surface area contributed by atoms with Crippen molar-refractivity contribution < 1.29 is 9.90 Å². The van der Waals surface area contributed by atoms with Crippen LogP contribution in [0.25, 0.3) is 0 Å². The van der Waals surface area contributed by atoms with Gasteiger partial charge < -0.3 is 10.4 Å². The zero-order valence-electron chi connectivity index (χ0n) is 12.9. The highest BCUT2D eigenvalue weighted by Gasteiger charge is 2.14. The van der Waals surface area contributed by atoms with Crippen LogP contribution in [0.15, 0.2) is 42.6 Å². The van der Waals surface area contributed by atoms with Gasteiger partial charge in [0.2, 0.25) is 0 Å². The van der Waals surface area contributed by atoms with Crippen molar-refractivity contribution in [1.29, 1.82) is 0 Å². The predicted molar refractivity (Wildman–Crippen MR) is 85.7 cm³/mol. The Kier molecular flexibility index (Phi) is 5.16. The lowest BCUT2D eigenvalue weighted by molar-refractivity contribution is 0.0826. The molecule has 0 aliphatic heterocycles. The fourth-order valence-electron chi connectivity index (χ4n) is 1.95. The number of carbonyl (C=O) groups is 1. The topological polar surface area (TPSA) is 79.2 Å². The first-order valence-corrected chi connectivity index (χ1v) is 7.27. The average molecular weight is 302 g/mol. The molecule has 0 aliphatic rings. The van der Waals surface area contributed by atoms with Crippen molar-refractivity contribution in [3.8, 4) is 0 Å². The SMILES string of the molecule is CC(C)(O)CNC(=O)Nc1ccnn1CCc1ccccc1. The van der Waals surface area contributed by atoms with Crippen LogP contribution < -0.4 is 10.6 Å². The third-order valence-corrected chi connectivity index (χ3v) is 3.09. The van der Waals surface area contributed by atoms with Crippen molar-refractivity contribution in [1.82, 2.24) is 15.1 Å². The van der Waals surface area contributed by atoms with E-state index in [9.17, 15) is 9.90 Å². The van der Waals surface area contributed by atoms with Crippen LogP contribution in [0.2, 0.25) is 0 Å². The number of carbonyl (C=O) groups excluding carboxylic acids is 1. The molecule has 0 unspecified atom stereocenters. The largest absolute Gasteiger partial charge is 0.389 e. The standard InChI is InChI=1S/C16H22N4O2/c1-16(2,22)12-17-15(21)19-14-8-10-18-20(14)11-9-13-6-4-3-5-7-13/h3-8,10,22H,9,11-12H2,1-2H3,(H2,17,19,21). The molecule has 22 heavy (non-hydrogen) atoms. The van der Waals surface area contributed by atoms with Crippen LogP contribution >= 0.6 is 0 Å². The molecule has 0 spiro atoms. The minimum atomic E-state index is -0.940.